The first-order valence-corrected chi connectivity index (χ1v) is 14.3. The minimum atomic E-state index is -0.642. The van der Waals surface area contributed by atoms with E-state index < -0.39 is 12.0 Å². The summed E-state index contributed by atoms with van der Waals surface area (Å²) in [5, 5.41) is 0.660. The number of carbonyl (C=O) groups excluding carboxylic acids is 1. The number of carbonyl (C=O) groups is 1. The number of rotatable bonds is 7. The topological polar surface area (TPSA) is 69.9 Å². The molecule has 6 nitrogen and oxygen atoms in total. The van der Waals surface area contributed by atoms with Gasteiger partial charge >= 0.3 is 5.97 Å². The van der Waals surface area contributed by atoms with E-state index in [2.05, 4.69) is 20.9 Å². The van der Waals surface area contributed by atoms with Crippen LogP contribution in [0.3, 0.4) is 0 Å². The Bertz CT molecular complexity index is 1740. The molecule has 0 amide bonds. The minimum absolute atomic E-state index is 0.222. The van der Waals surface area contributed by atoms with E-state index in [0.29, 0.717) is 38.0 Å². The van der Waals surface area contributed by atoms with Crippen molar-refractivity contribution in [2.45, 2.75) is 26.5 Å². The smallest absolute Gasteiger partial charge is 0.338 e. The molecule has 1 aromatic heterocycles. The fraction of sp³-hybridized carbons (Fsp3) is 0.167. The van der Waals surface area contributed by atoms with Gasteiger partial charge in [-0.25, -0.2) is 9.79 Å². The third kappa shape index (κ3) is 5.78. The molecule has 4 aromatic rings. The molecule has 1 atom stereocenters. The second kappa shape index (κ2) is 11.7. The van der Waals surface area contributed by atoms with E-state index >= 15 is 0 Å². The van der Waals surface area contributed by atoms with Gasteiger partial charge in [-0.3, -0.25) is 9.36 Å². The summed E-state index contributed by atoms with van der Waals surface area (Å²) in [5.41, 5.74) is 3.21. The predicted octanol–water partition coefficient (Wildman–Crippen LogP) is 5.79. The Balaban J connectivity index is 1.50. The number of nitrogens with zero attached hydrogens (tertiary/aromatic N) is 2. The van der Waals surface area contributed by atoms with Crippen LogP contribution in [-0.2, 0) is 16.1 Å². The third-order valence-corrected chi connectivity index (χ3v) is 8.11. The zero-order valence-corrected chi connectivity index (χ0v) is 24.3. The van der Waals surface area contributed by atoms with Crippen molar-refractivity contribution in [2.24, 2.45) is 4.99 Å². The van der Waals surface area contributed by atoms with Gasteiger partial charge in [-0.1, -0.05) is 81.3 Å². The highest BCUT2D eigenvalue weighted by atomic mass is 79.9. The summed E-state index contributed by atoms with van der Waals surface area (Å²) in [6.07, 6.45) is 1.82. The second-order valence-electron chi connectivity index (χ2n) is 8.80. The molecule has 0 aliphatic carbocycles. The Morgan fingerprint density at radius 1 is 1.10 bits per heavy atom. The Labute approximate surface area is 242 Å². The van der Waals surface area contributed by atoms with Crippen molar-refractivity contribution < 1.29 is 14.3 Å². The lowest BCUT2D eigenvalue weighted by atomic mass is 9.96. The Morgan fingerprint density at radius 3 is 2.51 bits per heavy atom. The summed E-state index contributed by atoms with van der Waals surface area (Å²) in [7, 11) is 0. The largest absolute Gasteiger partial charge is 0.489 e. The molecule has 3 aromatic carbocycles. The summed E-state index contributed by atoms with van der Waals surface area (Å²) in [6.45, 7) is 4.11. The molecule has 0 radical (unpaired) electrons. The van der Waals surface area contributed by atoms with Crippen LogP contribution in [0, 0.1) is 0 Å². The third-order valence-electron chi connectivity index (χ3n) is 6.23. The Kier molecular flexibility index (Phi) is 8.16. The van der Waals surface area contributed by atoms with Gasteiger partial charge in [-0.15, -0.1) is 0 Å². The molecule has 0 fully saturated rings. The number of fused-ring (bicyclic) bond motifs is 1. The SMILES string of the molecule is CCOC(=O)C1=C(C)N=c2s/c(=C\c3ccc(OCc4ccccc4Cl)cc3)c(=O)n2[C@H]1c1ccc(Br)cc1. The zero-order chi connectivity index (χ0) is 27.5. The monoisotopic (exact) mass is 622 g/mol. The summed E-state index contributed by atoms with van der Waals surface area (Å²) < 4.78 is 14.2. The molecule has 2 heterocycles. The molecule has 39 heavy (non-hydrogen) atoms. The minimum Gasteiger partial charge on any atom is -0.489 e. The molecule has 0 N–H and O–H groups in total. The van der Waals surface area contributed by atoms with E-state index in [1.807, 2.05) is 78.9 Å². The van der Waals surface area contributed by atoms with Crippen LogP contribution in [0.25, 0.3) is 6.08 Å². The highest BCUT2D eigenvalue weighted by Crippen LogP contribution is 2.31. The number of ether oxygens (including phenoxy) is 2. The fourth-order valence-corrected chi connectivity index (χ4v) is 5.84. The Morgan fingerprint density at radius 2 is 1.82 bits per heavy atom. The molecular weight excluding hydrogens is 600 g/mol. The number of aromatic nitrogens is 1. The number of benzene rings is 3. The summed E-state index contributed by atoms with van der Waals surface area (Å²) in [6, 6.07) is 22.0. The molecular formula is C30H24BrClN2O4S. The number of halogens is 2. The zero-order valence-electron chi connectivity index (χ0n) is 21.2. The maximum Gasteiger partial charge on any atom is 0.338 e. The van der Waals surface area contributed by atoms with Crippen molar-refractivity contribution in [2.75, 3.05) is 6.61 Å². The van der Waals surface area contributed by atoms with E-state index in [4.69, 9.17) is 21.1 Å². The van der Waals surface area contributed by atoms with Gasteiger partial charge in [0.25, 0.3) is 5.56 Å². The number of hydrogen-bond donors (Lipinski definition) is 0. The highest BCUT2D eigenvalue weighted by molar-refractivity contribution is 9.10. The highest BCUT2D eigenvalue weighted by Gasteiger charge is 2.33. The van der Waals surface area contributed by atoms with Crippen molar-refractivity contribution in [1.82, 2.24) is 4.57 Å². The Hall–Kier alpha value is -3.46. The molecule has 198 valence electrons. The maximum atomic E-state index is 13.7. The standard InChI is InChI=1S/C30H24BrClN2O4S/c1-3-37-29(36)26-18(2)33-30-34(27(26)20-10-12-22(31)13-11-20)28(35)25(39-30)16-19-8-14-23(15-9-19)38-17-21-6-4-5-7-24(21)32/h4-16,27H,3,17H2,1-2H3/b25-16-/t27-/m0/s1. The van der Waals surface area contributed by atoms with Crippen LogP contribution in [0.15, 0.2) is 98.3 Å². The van der Waals surface area contributed by atoms with Crippen LogP contribution in [0.1, 0.15) is 36.6 Å². The molecule has 1 aliphatic rings. The van der Waals surface area contributed by atoms with Crippen molar-refractivity contribution >= 4 is 50.9 Å². The van der Waals surface area contributed by atoms with Crippen LogP contribution in [0.2, 0.25) is 5.02 Å². The maximum absolute atomic E-state index is 13.7. The quantitative estimate of drug-likeness (QED) is 0.244. The van der Waals surface area contributed by atoms with Gasteiger partial charge in [0.1, 0.15) is 12.4 Å². The van der Waals surface area contributed by atoms with E-state index in [0.717, 1.165) is 21.2 Å². The van der Waals surface area contributed by atoms with Crippen LogP contribution in [0.5, 0.6) is 5.75 Å². The van der Waals surface area contributed by atoms with E-state index in [-0.39, 0.29) is 12.2 Å². The normalized spacial score (nSPS) is 15.1. The van der Waals surface area contributed by atoms with E-state index in [9.17, 15) is 9.59 Å². The number of allylic oxidation sites excluding steroid dienone is 1. The number of esters is 1. The first-order chi connectivity index (χ1) is 18.9. The lowest BCUT2D eigenvalue weighted by Gasteiger charge is -2.24. The van der Waals surface area contributed by atoms with Crippen LogP contribution >= 0.6 is 38.9 Å². The van der Waals surface area contributed by atoms with Gasteiger partial charge in [-0.05, 0) is 61.4 Å². The van der Waals surface area contributed by atoms with Gasteiger partial charge < -0.3 is 9.47 Å². The number of thiazole rings is 1. The van der Waals surface area contributed by atoms with Gasteiger partial charge in [0.05, 0.1) is 28.5 Å². The summed E-state index contributed by atoms with van der Waals surface area (Å²) in [5.74, 6) is 0.215. The average molecular weight is 624 g/mol. The molecule has 0 saturated heterocycles. The first-order valence-electron chi connectivity index (χ1n) is 12.3. The lowest BCUT2D eigenvalue weighted by Crippen LogP contribution is -2.39. The van der Waals surface area contributed by atoms with Crippen molar-refractivity contribution in [3.8, 4) is 5.75 Å². The molecule has 0 unspecified atom stereocenters. The summed E-state index contributed by atoms with van der Waals surface area (Å²) >= 11 is 11.0. The van der Waals surface area contributed by atoms with Crippen molar-refractivity contribution in [1.29, 1.82) is 0 Å². The molecule has 5 rings (SSSR count). The lowest BCUT2D eigenvalue weighted by molar-refractivity contribution is -0.139. The van der Waals surface area contributed by atoms with Gasteiger partial charge in [0.2, 0.25) is 0 Å². The van der Waals surface area contributed by atoms with Crippen LogP contribution in [-0.4, -0.2) is 17.1 Å². The molecule has 0 spiro atoms. The van der Waals surface area contributed by atoms with Gasteiger partial charge in [0.15, 0.2) is 4.80 Å². The van der Waals surface area contributed by atoms with Crippen molar-refractivity contribution in [3.05, 3.63) is 130 Å². The molecule has 0 bridgehead atoms. The number of hydrogen-bond acceptors (Lipinski definition) is 6. The van der Waals surface area contributed by atoms with Crippen molar-refractivity contribution in [3.63, 3.8) is 0 Å². The van der Waals surface area contributed by atoms with Gasteiger partial charge in [0, 0.05) is 15.1 Å². The van der Waals surface area contributed by atoms with Gasteiger partial charge in [-0.2, -0.15) is 0 Å². The first kappa shape index (κ1) is 27.1. The molecule has 0 saturated carbocycles. The van der Waals surface area contributed by atoms with Crippen LogP contribution in [0.4, 0.5) is 0 Å². The molecule has 1 aliphatic heterocycles. The summed E-state index contributed by atoms with van der Waals surface area (Å²) in [4.78, 5) is 31.9. The fourth-order valence-electron chi connectivity index (χ4n) is 4.34. The predicted molar refractivity (Wildman–Crippen MR) is 157 cm³/mol. The molecule has 9 heteroatoms. The van der Waals surface area contributed by atoms with Crippen LogP contribution < -0.4 is 19.6 Å². The van der Waals surface area contributed by atoms with E-state index in [1.54, 1.807) is 18.4 Å². The average Bonchev–Trinajstić information content (AvgIpc) is 3.23. The second-order valence-corrected chi connectivity index (χ2v) is 11.1. The van der Waals surface area contributed by atoms with E-state index in [1.165, 1.54) is 11.3 Å².